The molecule has 26 heavy (non-hydrogen) atoms. The first-order valence-corrected chi connectivity index (χ1v) is 7.99. The van der Waals surface area contributed by atoms with Crippen LogP contribution in [0.2, 0.25) is 0 Å². The number of fused-ring (bicyclic) bond motifs is 1. The van der Waals surface area contributed by atoms with Crippen LogP contribution in [0.15, 0.2) is 46.4 Å². The lowest BCUT2D eigenvalue weighted by atomic mass is 10.1. The molecule has 7 nitrogen and oxygen atoms in total. The van der Waals surface area contributed by atoms with Crippen molar-refractivity contribution in [2.24, 2.45) is 5.18 Å². The molecule has 0 fully saturated rings. The van der Waals surface area contributed by atoms with Gasteiger partial charge in [-0.2, -0.15) is 5.26 Å². The fourth-order valence-corrected chi connectivity index (χ4v) is 2.83. The maximum absolute atomic E-state index is 13.2. The van der Waals surface area contributed by atoms with Gasteiger partial charge in [-0.15, -0.1) is 4.91 Å². The highest BCUT2D eigenvalue weighted by Crippen LogP contribution is 2.34. The third-order valence-electron chi connectivity index (χ3n) is 4.07. The number of hydrogen-bond acceptors (Lipinski definition) is 6. The highest BCUT2D eigenvalue weighted by atomic mass is 16.5. The molecule has 0 atom stereocenters. The first-order chi connectivity index (χ1) is 12.5. The van der Waals surface area contributed by atoms with E-state index in [0.29, 0.717) is 28.0 Å². The van der Waals surface area contributed by atoms with Gasteiger partial charge in [0.25, 0.3) is 5.56 Å². The van der Waals surface area contributed by atoms with Gasteiger partial charge >= 0.3 is 0 Å². The maximum Gasteiger partial charge on any atom is 0.266 e. The second-order valence-corrected chi connectivity index (χ2v) is 6.03. The summed E-state index contributed by atoms with van der Waals surface area (Å²) in [5, 5.41) is 12.2. The van der Waals surface area contributed by atoms with E-state index in [2.05, 4.69) is 16.2 Å². The Hall–Kier alpha value is -3.53. The lowest BCUT2D eigenvalue weighted by molar-refractivity contribution is 0.420. The molecule has 0 saturated carbocycles. The third-order valence-corrected chi connectivity index (χ3v) is 4.07. The number of methoxy groups -OCH3 is 1. The predicted octanol–water partition coefficient (Wildman–Crippen LogP) is 3.79. The Kier molecular flexibility index (Phi) is 4.50. The topological polar surface area (TPSA) is 97.3 Å². The Labute approximate surface area is 149 Å². The molecule has 0 amide bonds. The van der Waals surface area contributed by atoms with Gasteiger partial charge in [0.1, 0.15) is 11.3 Å². The molecule has 2 aromatic carbocycles. The molecule has 7 heteroatoms. The van der Waals surface area contributed by atoms with Gasteiger partial charge < -0.3 is 4.74 Å². The van der Waals surface area contributed by atoms with E-state index in [-0.39, 0.29) is 22.9 Å². The van der Waals surface area contributed by atoms with Crippen molar-refractivity contribution in [1.29, 1.82) is 5.26 Å². The minimum atomic E-state index is -0.279. The zero-order chi connectivity index (χ0) is 18.8. The number of nitriles is 1. The molecule has 0 bridgehead atoms. The van der Waals surface area contributed by atoms with Crippen molar-refractivity contribution < 1.29 is 4.74 Å². The van der Waals surface area contributed by atoms with Crippen LogP contribution in [0.5, 0.6) is 5.75 Å². The molecule has 1 aromatic heterocycles. The van der Waals surface area contributed by atoms with Crippen molar-refractivity contribution in [3.05, 3.63) is 63.0 Å². The van der Waals surface area contributed by atoms with E-state index in [0.717, 1.165) is 0 Å². The van der Waals surface area contributed by atoms with E-state index in [1.807, 2.05) is 13.8 Å². The fourth-order valence-electron chi connectivity index (χ4n) is 2.83. The summed E-state index contributed by atoms with van der Waals surface area (Å²) in [5.74, 6) is 0.636. The second-order valence-electron chi connectivity index (χ2n) is 6.03. The van der Waals surface area contributed by atoms with Crippen molar-refractivity contribution in [2.75, 3.05) is 7.11 Å². The molecule has 0 spiro atoms. The van der Waals surface area contributed by atoms with Crippen LogP contribution in [0.25, 0.3) is 16.6 Å². The van der Waals surface area contributed by atoms with Crippen molar-refractivity contribution >= 4 is 16.6 Å². The third kappa shape index (κ3) is 2.71. The van der Waals surface area contributed by atoms with Gasteiger partial charge in [0.2, 0.25) is 0 Å². The summed E-state index contributed by atoms with van der Waals surface area (Å²) in [7, 11) is 1.41. The monoisotopic (exact) mass is 348 g/mol. The number of nitrogens with zero attached hydrogens (tertiary/aromatic N) is 4. The Morgan fingerprint density at radius 3 is 2.42 bits per heavy atom. The first-order valence-electron chi connectivity index (χ1n) is 7.99. The Balaban J connectivity index is 2.41. The summed E-state index contributed by atoms with van der Waals surface area (Å²) in [6.45, 7) is 3.84. The zero-order valence-corrected chi connectivity index (χ0v) is 14.6. The average Bonchev–Trinajstić information content (AvgIpc) is 2.66. The highest BCUT2D eigenvalue weighted by Gasteiger charge is 2.19. The fraction of sp³-hybridized carbons (Fsp3) is 0.211. The van der Waals surface area contributed by atoms with E-state index in [1.54, 1.807) is 24.3 Å². The van der Waals surface area contributed by atoms with Gasteiger partial charge in [-0.1, -0.05) is 13.8 Å². The molecule has 1 heterocycles. The standard InChI is InChI=1S/C19H16N4O3/c1-11(2)18-21-16-14(8-9-15(22-25)17(16)26-3)19(24)23(18)13-6-4-12(10-20)5-7-13/h4-9,11H,1-3H3. The molecule has 3 aromatic rings. The SMILES string of the molecule is COc1c(N=O)ccc2c(=O)n(-c3ccc(C#N)cc3)c(C(C)C)nc12. The maximum atomic E-state index is 13.2. The van der Waals surface area contributed by atoms with Crippen LogP contribution in [0.3, 0.4) is 0 Å². The predicted molar refractivity (Wildman–Crippen MR) is 98.2 cm³/mol. The van der Waals surface area contributed by atoms with Crippen molar-refractivity contribution in [2.45, 2.75) is 19.8 Å². The quantitative estimate of drug-likeness (QED) is 0.668. The van der Waals surface area contributed by atoms with Crippen LogP contribution in [0.1, 0.15) is 31.2 Å². The van der Waals surface area contributed by atoms with Crippen LogP contribution in [0, 0.1) is 16.2 Å². The van der Waals surface area contributed by atoms with E-state index in [9.17, 15) is 9.70 Å². The minimum Gasteiger partial charge on any atom is -0.492 e. The van der Waals surface area contributed by atoms with Crippen molar-refractivity contribution in [1.82, 2.24) is 9.55 Å². The Morgan fingerprint density at radius 1 is 1.19 bits per heavy atom. The number of benzene rings is 2. The number of aromatic nitrogens is 2. The molecule has 130 valence electrons. The van der Waals surface area contributed by atoms with E-state index in [1.165, 1.54) is 23.8 Å². The zero-order valence-electron chi connectivity index (χ0n) is 14.6. The number of nitroso groups, excluding NO2 is 1. The lowest BCUT2D eigenvalue weighted by Gasteiger charge is -2.17. The molecule has 0 aliphatic carbocycles. The molecule has 3 rings (SSSR count). The summed E-state index contributed by atoms with van der Waals surface area (Å²) >= 11 is 0. The Bertz CT molecular complexity index is 1090. The summed E-state index contributed by atoms with van der Waals surface area (Å²) in [6, 6.07) is 11.7. The average molecular weight is 348 g/mol. The summed E-state index contributed by atoms with van der Waals surface area (Å²) in [4.78, 5) is 28.8. The molecule has 0 unspecified atom stereocenters. The summed E-state index contributed by atoms with van der Waals surface area (Å²) in [6.07, 6.45) is 0. The van der Waals surface area contributed by atoms with Crippen LogP contribution in [0.4, 0.5) is 5.69 Å². The molecular weight excluding hydrogens is 332 g/mol. The Morgan fingerprint density at radius 2 is 1.88 bits per heavy atom. The second kappa shape index (κ2) is 6.76. The van der Waals surface area contributed by atoms with Crippen LogP contribution in [-0.2, 0) is 0 Å². The first kappa shape index (κ1) is 17.3. The largest absolute Gasteiger partial charge is 0.492 e. The molecule has 0 aliphatic heterocycles. The molecule has 0 aliphatic rings. The van der Waals surface area contributed by atoms with Crippen molar-refractivity contribution in [3.8, 4) is 17.5 Å². The molecule has 0 N–H and O–H groups in total. The van der Waals surface area contributed by atoms with Gasteiger partial charge in [0.05, 0.1) is 29.8 Å². The molecular formula is C19H16N4O3. The van der Waals surface area contributed by atoms with Gasteiger partial charge in [-0.05, 0) is 41.6 Å². The van der Waals surface area contributed by atoms with Crippen LogP contribution in [-0.4, -0.2) is 16.7 Å². The summed E-state index contributed by atoms with van der Waals surface area (Å²) in [5.41, 5.74) is 1.24. The van der Waals surface area contributed by atoms with Crippen LogP contribution < -0.4 is 10.3 Å². The van der Waals surface area contributed by atoms with Gasteiger partial charge in [-0.3, -0.25) is 9.36 Å². The van der Waals surface area contributed by atoms with Crippen molar-refractivity contribution in [3.63, 3.8) is 0 Å². The van der Waals surface area contributed by atoms with Gasteiger partial charge in [0.15, 0.2) is 11.4 Å². The highest BCUT2D eigenvalue weighted by molar-refractivity contribution is 5.89. The minimum absolute atomic E-state index is 0.0692. The van der Waals surface area contributed by atoms with Crippen LogP contribution >= 0.6 is 0 Å². The number of rotatable bonds is 4. The number of hydrogen-bond donors (Lipinski definition) is 0. The smallest absolute Gasteiger partial charge is 0.266 e. The summed E-state index contributed by atoms with van der Waals surface area (Å²) < 4.78 is 6.79. The number of ether oxygens (including phenoxy) is 1. The lowest BCUT2D eigenvalue weighted by Crippen LogP contribution is -2.24. The van der Waals surface area contributed by atoms with E-state index in [4.69, 9.17) is 10.00 Å². The van der Waals surface area contributed by atoms with E-state index >= 15 is 0 Å². The van der Waals surface area contributed by atoms with Gasteiger partial charge in [0, 0.05) is 5.92 Å². The molecule has 0 radical (unpaired) electrons. The normalized spacial score (nSPS) is 10.7. The van der Waals surface area contributed by atoms with E-state index < -0.39 is 0 Å². The van der Waals surface area contributed by atoms with Gasteiger partial charge in [-0.25, -0.2) is 4.98 Å². The molecule has 0 saturated heterocycles.